The van der Waals surface area contributed by atoms with E-state index in [2.05, 4.69) is 31.1 Å². The maximum Gasteiger partial charge on any atom is 0.284 e. The summed E-state index contributed by atoms with van der Waals surface area (Å²) in [7, 11) is 0. The van der Waals surface area contributed by atoms with Crippen LogP contribution in [0.1, 0.15) is 36.1 Å². The van der Waals surface area contributed by atoms with Gasteiger partial charge in [0.1, 0.15) is 0 Å². The molecule has 0 atom stereocenters. The van der Waals surface area contributed by atoms with Crippen LogP contribution in [0.3, 0.4) is 0 Å². The highest BCUT2D eigenvalue weighted by Crippen LogP contribution is 2.29. The van der Waals surface area contributed by atoms with Crippen molar-refractivity contribution in [2.45, 2.75) is 26.2 Å². The van der Waals surface area contributed by atoms with E-state index in [9.17, 15) is 4.79 Å². The number of thiazole rings is 1. The van der Waals surface area contributed by atoms with Gasteiger partial charge in [0.2, 0.25) is 0 Å². The first kappa shape index (κ1) is 12.8. The summed E-state index contributed by atoms with van der Waals surface area (Å²) in [5.74, 6) is -0.151. The van der Waals surface area contributed by atoms with Gasteiger partial charge in [-0.1, -0.05) is 39.0 Å². The highest BCUT2D eigenvalue weighted by atomic mass is 32.1. The van der Waals surface area contributed by atoms with Crippen LogP contribution in [0, 0.1) is 0 Å². The molecule has 0 unspecified atom stereocenters. The lowest BCUT2D eigenvalue weighted by molar-refractivity contribution is 0.102. The number of hydrogen-bond donors (Lipinski definition) is 1. The van der Waals surface area contributed by atoms with Crippen LogP contribution >= 0.6 is 11.3 Å². The Morgan fingerprint density at radius 1 is 1.28 bits per heavy atom. The number of benzene rings is 1. The predicted molar refractivity (Wildman–Crippen MR) is 75.2 cm³/mol. The Hall–Kier alpha value is -1.68. The summed E-state index contributed by atoms with van der Waals surface area (Å²) < 4.78 is 0. The Bertz CT molecular complexity index is 541. The third-order valence-corrected chi connectivity index (χ3v) is 3.38. The second-order valence-corrected chi connectivity index (χ2v) is 5.98. The van der Waals surface area contributed by atoms with E-state index in [4.69, 9.17) is 0 Å². The molecule has 2 aromatic rings. The van der Waals surface area contributed by atoms with Crippen LogP contribution < -0.4 is 5.32 Å². The minimum Gasteiger partial charge on any atom is -0.320 e. The van der Waals surface area contributed by atoms with E-state index >= 15 is 0 Å². The summed E-state index contributed by atoms with van der Waals surface area (Å²) in [4.78, 5) is 16.0. The van der Waals surface area contributed by atoms with Gasteiger partial charge >= 0.3 is 0 Å². The van der Waals surface area contributed by atoms with Gasteiger partial charge in [0, 0.05) is 17.3 Å². The van der Waals surface area contributed by atoms with Crippen LogP contribution in [0.25, 0.3) is 0 Å². The van der Waals surface area contributed by atoms with Gasteiger partial charge in [0.25, 0.3) is 5.91 Å². The number of anilines is 1. The fraction of sp³-hybridized carbons (Fsp3) is 0.286. The Kier molecular flexibility index (Phi) is 3.48. The van der Waals surface area contributed by atoms with E-state index in [-0.39, 0.29) is 11.3 Å². The van der Waals surface area contributed by atoms with Crippen LogP contribution in [-0.4, -0.2) is 10.9 Å². The van der Waals surface area contributed by atoms with Gasteiger partial charge in [-0.05, 0) is 17.0 Å². The number of hydrogen-bond acceptors (Lipinski definition) is 3. The molecule has 4 heteroatoms. The first-order chi connectivity index (χ1) is 8.48. The van der Waals surface area contributed by atoms with Gasteiger partial charge in [-0.15, -0.1) is 11.3 Å². The van der Waals surface area contributed by atoms with Gasteiger partial charge in [0.15, 0.2) is 5.01 Å². The van der Waals surface area contributed by atoms with Gasteiger partial charge in [-0.3, -0.25) is 4.79 Å². The molecule has 1 aromatic carbocycles. The van der Waals surface area contributed by atoms with Crippen molar-refractivity contribution in [3.8, 4) is 0 Å². The third kappa shape index (κ3) is 2.76. The number of para-hydroxylation sites is 1. The molecule has 0 spiro atoms. The van der Waals surface area contributed by atoms with Crippen molar-refractivity contribution >= 4 is 22.9 Å². The average Bonchev–Trinajstić information content (AvgIpc) is 2.81. The fourth-order valence-electron chi connectivity index (χ4n) is 1.76. The molecule has 3 nitrogen and oxygen atoms in total. The maximum absolute atomic E-state index is 12.0. The van der Waals surface area contributed by atoms with Crippen LogP contribution in [0.4, 0.5) is 5.69 Å². The Morgan fingerprint density at radius 3 is 2.61 bits per heavy atom. The SMILES string of the molecule is CC(C)(C)c1ccccc1NC(=O)c1nccs1. The lowest BCUT2D eigenvalue weighted by Crippen LogP contribution is -2.18. The molecule has 2 rings (SSSR count). The zero-order valence-corrected chi connectivity index (χ0v) is 11.5. The highest BCUT2D eigenvalue weighted by Gasteiger charge is 2.19. The Balaban J connectivity index is 2.27. The van der Waals surface area contributed by atoms with Crippen LogP contribution in [-0.2, 0) is 5.41 Å². The normalized spacial score (nSPS) is 11.3. The quantitative estimate of drug-likeness (QED) is 0.894. The van der Waals surface area contributed by atoms with E-state index in [1.165, 1.54) is 11.3 Å². The van der Waals surface area contributed by atoms with Crippen molar-refractivity contribution in [1.29, 1.82) is 0 Å². The van der Waals surface area contributed by atoms with E-state index in [0.29, 0.717) is 5.01 Å². The first-order valence-corrected chi connectivity index (χ1v) is 6.67. The maximum atomic E-state index is 12.0. The second kappa shape index (κ2) is 4.90. The fourth-order valence-corrected chi connectivity index (χ4v) is 2.29. The second-order valence-electron chi connectivity index (χ2n) is 5.09. The lowest BCUT2D eigenvalue weighted by atomic mass is 9.86. The van der Waals surface area contributed by atoms with Crippen LogP contribution in [0.15, 0.2) is 35.8 Å². The van der Waals surface area contributed by atoms with Gasteiger partial charge in [-0.25, -0.2) is 4.98 Å². The summed E-state index contributed by atoms with van der Waals surface area (Å²) in [6, 6.07) is 7.87. The zero-order valence-electron chi connectivity index (χ0n) is 10.7. The van der Waals surface area contributed by atoms with E-state index in [1.807, 2.05) is 24.3 Å². The molecule has 1 amide bonds. The molecule has 18 heavy (non-hydrogen) atoms. The number of carbonyl (C=O) groups is 1. The van der Waals surface area contributed by atoms with Crippen molar-refractivity contribution in [2.24, 2.45) is 0 Å². The molecule has 0 saturated carbocycles. The van der Waals surface area contributed by atoms with E-state index in [0.717, 1.165) is 11.3 Å². The number of nitrogens with zero attached hydrogens (tertiary/aromatic N) is 1. The van der Waals surface area contributed by atoms with Gasteiger partial charge in [0.05, 0.1) is 0 Å². The topological polar surface area (TPSA) is 42.0 Å². The largest absolute Gasteiger partial charge is 0.320 e. The average molecular weight is 260 g/mol. The van der Waals surface area contributed by atoms with Crippen LogP contribution in [0.5, 0.6) is 0 Å². The molecular formula is C14H16N2OS. The third-order valence-electron chi connectivity index (χ3n) is 2.61. The molecule has 0 aliphatic carbocycles. The Morgan fingerprint density at radius 2 is 2.00 bits per heavy atom. The molecule has 0 fully saturated rings. The molecule has 1 N–H and O–H groups in total. The number of amides is 1. The number of rotatable bonds is 2. The van der Waals surface area contributed by atoms with Crippen molar-refractivity contribution in [3.63, 3.8) is 0 Å². The number of carbonyl (C=O) groups excluding carboxylic acids is 1. The highest BCUT2D eigenvalue weighted by molar-refractivity contribution is 7.11. The molecule has 1 heterocycles. The van der Waals surface area contributed by atoms with Gasteiger partial charge in [-0.2, -0.15) is 0 Å². The van der Waals surface area contributed by atoms with Crippen molar-refractivity contribution < 1.29 is 4.79 Å². The summed E-state index contributed by atoms with van der Waals surface area (Å²) in [6.07, 6.45) is 1.63. The standard InChI is InChI=1S/C14H16N2OS/c1-14(2,3)10-6-4-5-7-11(10)16-12(17)13-15-8-9-18-13/h4-9H,1-3H3,(H,16,17). The van der Waals surface area contributed by atoms with E-state index < -0.39 is 0 Å². The summed E-state index contributed by atoms with van der Waals surface area (Å²) in [6.45, 7) is 6.38. The van der Waals surface area contributed by atoms with Crippen molar-refractivity contribution in [3.05, 3.63) is 46.4 Å². The molecule has 0 aliphatic heterocycles. The lowest BCUT2D eigenvalue weighted by Gasteiger charge is -2.22. The molecular weight excluding hydrogens is 244 g/mol. The molecule has 0 aliphatic rings. The molecule has 0 bridgehead atoms. The summed E-state index contributed by atoms with van der Waals surface area (Å²) >= 11 is 1.34. The molecule has 0 radical (unpaired) electrons. The summed E-state index contributed by atoms with van der Waals surface area (Å²) in [5.41, 5.74) is 1.97. The summed E-state index contributed by atoms with van der Waals surface area (Å²) in [5, 5.41) is 5.21. The molecule has 94 valence electrons. The zero-order chi connectivity index (χ0) is 13.2. The van der Waals surface area contributed by atoms with E-state index in [1.54, 1.807) is 11.6 Å². The predicted octanol–water partition coefficient (Wildman–Crippen LogP) is 3.69. The first-order valence-electron chi connectivity index (χ1n) is 5.79. The minimum atomic E-state index is -0.151. The van der Waals surface area contributed by atoms with Gasteiger partial charge < -0.3 is 5.32 Å². The van der Waals surface area contributed by atoms with Crippen molar-refractivity contribution in [1.82, 2.24) is 4.98 Å². The minimum absolute atomic E-state index is 0.00719. The molecule has 1 aromatic heterocycles. The van der Waals surface area contributed by atoms with Crippen molar-refractivity contribution in [2.75, 3.05) is 5.32 Å². The molecule has 0 saturated heterocycles. The number of aromatic nitrogens is 1. The smallest absolute Gasteiger partial charge is 0.284 e. The van der Waals surface area contributed by atoms with Crippen LogP contribution in [0.2, 0.25) is 0 Å². The number of nitrogens with one attached hydrogen (secondary N) is 1. The Labute approximate surface area is 111 Å². The monoisotopic (exact) mass is 260 g/mol.